The molecule has 0 aliphatic carbocycles. The molecule has 0 heterocycles. The van der Waals surface area contributed by atoms with E-state index in [1.54, 1.807) is 26.0 Å². The third-order valence-electron chi connectivity index (χ3n) is 3.13. The van der Waals surface area contributed by atoms with Gasteiger partial charge < -0.3 is 10.5 Å². The lowest BCUT2D eigenvalue weighted by Crippen LogP contribution is -2.27. The molecule has 3 N–H and O–H groups in total. The van der Waals surface area contributed by atoms with Crippen LogP contribution in [0.15, 0.2) is 17.0 Å². The first kappa shape index (κ1) is 17.5. The second-order valence-corrected chi connectivity index (χ2v) is 6.44. The maximum atomic E-state index is 12.3. The van der Waals surface area contributed by atoms with E-state index < -0.39 is 10.0 Å². The number of nitrogens with two attached hydrogens (primary N) is 1. The number of anilines is 1. The summed E-state index contributed by atoms with van der Waals surface area (Å²) < 4.78 is 31.8. The number of nitrogen functional groups attached to an aromatic ring is 1. The Balaban J connectivity index is 2.71. The third kappa shape index (κ3) is 4.71. The number of nitrogens with one attached hydrogen (secondary N) is 1. The SMILES string of the molecule is CCOC(=O)CCCNS(=O)(=O)c1c(N)ccc(C)c1C. The fourth-order valence-corrected chi connectivity index (χ4v) is 3.41. The molecule has 0 saturated heterocycles. The van der Waals surface area contributed by atoms with E-state index >= 15 is 0 Å². The average Bonchev–Trinajstić information content (AvgIpc) is 2.40. The number of aryl methyl sites for hydroxylation is 1. The molecule has 0 amide bonds. The summed E-state index contributed by atoms with van der Waals surface area (Å²) in [6, 6.07) is 3.36. The number of benzene rings is 1. The molecule has 6 nitrogen and oxygen atoms in total. The molecule has 0 unspecified atom stereocenters. The molecule has 0 radical (unpaired) electrons. The van der Waals surface area contributed by atoms with Gasteiger partial charge in [-0.3, -0.25) is 4.79 Å². The molecule has 0 aliphatic rings. The molecule has 1 aromatic carbocycles. The van der Waals surface area contributed by atoms with Gasteiger partial charge in [-0.05, 0) is 44.4 Å². The van der Waals surface area contributed by atoms with Crippen molar-refractivity contribution in [1.82, 2.24) is 4.72 Å². The summed E-state index contributed by atoms with van der Waals surface area (Å²) >= 11 is 0. The van der Waals surface area contributed by atoms with Crippen molar-refractivity contribution < 1.29 is 17.9 Å². The maximum absolute atomic E-state index is 12.3. The van der Waals surface area contributed by atoms with Crippen molar-refractivity contribution in [2.75, 3.05) is 18.9 Å². The Bertz CT molecular complexity index is 612. The first-order chi connectivity index (χ1) is 9.79. The van der Waals surface area contributed by atoms with Crippen molar-refractivity contribution >= 4 is 21.7 Å². The molecule has 0 fully saturated rings. The van der Waals surface area contributed by atoms with E-state index in [2.05, 4.69) is 4.72 Å². The molecule has 0 aliphatic heterocycles. The molecule has 0 saturated carbocycles. The monoisotopic (exact) mass is 314 g/mol. The van der Waals surface area contributed by atoms with Crippen molar-refractivity contribution in [3.63, 3.8) is 0 Å². The highest BCUT2D eigenvalue weighted by Crippen LogP contribution is 2.24. The first-order valence-corrected chi connectivity index (χ1v) is 8.29. The molecule has 0 spiro atoms. The zero-order chi connectivity index (χ0) is 16.0. The molecule has 7 heteroatoms. The normalized spacial score (nSPS) is 11.4. The summed E-state index contributed by atoms with van der Waals surface area (Å²) in [5, 5.41) is 0. The maximum Gasteiger partial charge on any atom is 0.305 e. The minimum Gasteiger partial charge on any atom is -0.466 e. The standard InChI is InChI=1S/C14H22N2O4S/c1-4-20-13(17)6-5-9-16-21(18,19)14-11(3)10(2)7-8-12(14)15/h7-8,16H,4-6,9,15H2,1-3H3. The van der Waals surface area contributed by atoms with Crippen LogP contribution in [0.4, 0.5) is 5.69 Å². The van der Waals surface area contributed by atoms with Gasteiger partial charge in [0.05, 0.1) is 12.3 Å². The molecule has 1 rings (SSSR count). The van der Waals surface area contributed by atoms with Crippen LogP contribution in [0.1, 0.15) is 30.9 Å². The summed E-state index contributed by atoms with van der Waals surface area (Å²) in [6.07, 6.45) is 0.557. The highest BCUT2D eigenvalue weighted by Gasteiger charge is 2.20. The number of esters is 1. The molecule has 0 bridgehead atoms. The number of sulfonamides is 1. The van der Waals surface area contributed by atoms with E-state index in [0.717, 1.165) is 5.56 Å². The van der Waals surface area contributed by atoms with Gasteiger partial charge in [-0.25, -0.2) is 13.1 Å². The summed E-state index contributed by atoms with van der Waals surface area (Å²) in [5.74, 6) is -0.331. The van der Waals surface area contributed by atoms with E-state index in [9.17, 15) is 13.2 Å². The number of hydrogen-bond donors (Lipinski definition) is 2. The lowest BCUT2D eigenvalue weighted by molar-refractivity contribution is -0.143. The lowest BCUT2D eigenvalue weighted by Gasteiger charge is -2.13. The topological polar surface area (TPSA) is 98.5 Å². The van der Waals surface area contributed by atoms with Crippen LogP contribution in [0.5, 0.6) is 0 Å². The molecule has 118 valence electrons. The summed E-state index contributed by atoms with van der Waals surface area (Å²) in [6.45, 7) is 5.76. The minimum absolute atomic E-state index is 0.110. The quantitative estimate of drug-likeness (QED) is 0.451. The highest BCUT2D eigenvalue weighted by atomic mass is 32.2. The predicted octanol–water partition coefficient (Wildman–Crippen LogP) is 1.51. The Morgan fingerprint density at radius 3 is 2.62 bits per heavy atom. The second-order valence-electron chi connectivity index (χ2n) is 4.73. The van der Waals surface area contributed by atoms with Crippen molar-refractivity contribution in [3.05, 3.63) is 23.3 Å². The second kappa shape index (κ2) is 7.42. The van der Waals surface area contributed by atoms with Crippen molar-refractivity contribution in [2.45, 2.75) is 38.5 Å². The van der Waals surface area contributed by atoms with Crippen LogP contribution < -0.4 is 10.5 Å². The average molecular weight is 314 g/mol. The van der Waals surface area contributed by atoms with Crippen LogP contribution in [-0.4, -0.2) is 27.5 Å². The third-order valence-corrected chi connectivity index (χ3v) is 4.79. The van der Waals surface area contributed by atoms with Crippen LogP contribution in [-0.2, 0) is 19.6 Å². The van der Waals surface area contributed by atoms with Gasteiger partial charge in [0.1, 0.15) is 4.90 Å². The van der Waals surface area contributed by atoms with Gasteiger partial charge in [-0.15, -0.1) is 0 Å². The van der Waals surface area contributed by atoms with Crippen LogP contribution >= 0.6 is 0 Å². The van der Waals surface area contributed by atoms with Gasteiger partial charge in [0.2, 0.25) is 10.0 Å². The highest BCUT2D eigenvalue weighted by molar-refractivity contribution is 7.89. The van der Waals surface area contributed by atoms with E-state index in [1.165, 1.54) is 0 Å². The van der Waals surface area contributed by atoms with E-state index in [4.69, 9.17) is 10.5 Å². The van der Waals surface area contributed by atoms with Gasteiger partial charge in [0, 0.05) is 13.0 Å². The Hall–Kier alpha value is -1.60. The fraction of sp³-hybridized carbons (Fsp3) is 0.500. The fourth-order valence-electron chi connectivity index (χ4n) is 1.91. The van der Waals surface area contributed by atoms with Gasteiger partial charge >= 0.3 is 5.97 Å². The van der Waals surface area contributed by atoms with Crippen molar-refractivity contribution in [2.24, 2.45) is 0 Å². The number of rotatable bonds is 7. The van der Waals surface area contributed by atoms with E-state index in [0.29, 0.717) is 18.6 Å². The molecule has 21 heavy (non-hydrogen) atoms. The van der Waals surface area contributed by atoms with Crippen molar-refractivity contribution in [3.8, 4) is 0 Å². The van der Waals surface area contributed by atoms with E-state index in [1.807, 2.05) is 6.92 Å². The summed E-state index contributed by atoms with van der Waals surface area (Å²) in [5.41, 5.74) is 7.48. The summed E-state index contributed by atoms with van der Waals surface area (Å²) in [4.78, 5) is 11.3. The zero-order valence-electron chi connectivity index (χ0n) is 12.6. The van der Waals surface area contributed by atoms with Crippen molar-refractivity contribution in [1.29, 1.82) is 0 Å². The van der Waals surface area contributed by atoms with Crippen LogP contribution in [0.3, 0.4) is 0 Å². The molecule has 1 aromatic rings. The number of carbonyl (C=O) groups is 1. The van der Waals surface area contributed by atoms with Crippen LogP contribution in [0.25, 0.3) is 0 Å². The molecule has 0 atom stereocenters. The largest absolute Gasteiger partial charge is 0.466 e. The summed E-state index contributed by atoms with van der Waals surface area (Å²) in [7, 11) is -3.68. The van der Waals surface area contributed by atoms with Gasteiger partial charge in [0.15, 0.2) is 0 Å². The van der Waals surface area contributed by atoms with Crippen LogP contribution in [0, 0.1) is 13.8 Å². The zero-order valence-corrected chi connectivity index (χ0v) is 13.4. The van der Waals surface area contributed by atoms with E-state index in [-0.39, 0.29) is 29.5 Å². The minimum atomic E-state index is -3.68. The molecular formula is C14H22N2O4S. The van der Waals surface area contributed by atoms with Gasteiger partial charge in [-0.2, -0.15) is 0 Å². The smallest absolute Gasteiger partial charge is 0.305 e. The molecular weight excluding hydrogens is 292 g/mol. The Labute approximate surface area is 125 Å². The van der Waals surface area contributed by atoms with Gasteiger partial charge in [0.25, 0.3) is 0 Å². The van der Waals surface area contributed by atoms with Gasteiger partial charge in [-0.1, -0.05) is 6.07 Å². The Kier molecular flexibility index (Phi) is 6.17. The Morgan fingerprint density at radius 2 is 2.00 bits per heavy atom. The predicted molar refractivity (Wildman–Crippen MR) is 81.4 cm³/mol. The molecule has 0 aromatic heterocycles. The number of ether oxygens (including phenoxy) is 1. The number of carbonyl (C=O) groups excluding carboxylic acids is 1. The first-order valence-electron chi connectivity index (χ1n) is 6.80. The van der Waals surface area contributed by atoms with Crippen LogP contribution in [0.2, 0.25) is 0 Å². The lowest BCUT2D eigenvalue weighted by atomic mass is 10.1. The number of hydrogen-bond acceptors (Lipinski definition) is 5. The Morgan fingerprint density at radius 1 is 1.33 bits per heavy atom.